The van der Waals surface area contributed by atoms with Crippen LogP contribution in [0, 0.1) is 5.92 Å². The zero-order chi connectivity index (χ0) is 10.7. The zero-order valence-electron chi connectivity index (χ0n) is 9.32. The Labute approximate surface area is 91.3 Å². The standard InChI is InChI=1S/C12H19N3/c1-15(9-10-3-2-4-10)12-6-5-11(7-13)8-14-12/h5-6,8,10H,2-4,7,9,13H2,1H3. The zero-order valence-corrected chi connectivity index (χ0v) is 9.32. The van der Waals surface area contributed by atoms with Gasteiger partial charge in [0.1, 0.15) is 5.82 Å². The summed E-state index contributed by atoms with van der Waals surface area (Å²) in [4.78, 5) is 6.65. The molecule has 1 aliphatic rings. The molecule has 0 aromatic carbocycles. The van der Waals surface area contributed by atoms with Crippen molar-refractivity contribution in [2.45, 2.75) is 25.8 Å². The molecule has 1 aromatic rings. The van der Waals surface area contributed by atoms with Gasteiger partial charge in [-0.1, -0.05) is 12.5 Å². The van der Waals surface area contributed by atoms with Crippen molar-refractivity contribution < 1.29 is 0 Å². The Hall–Kier alpha value is -1.09. The molecule has 0 amide bonds. The Bertz CT molecular complexity index is 303. The maximum atomic E-state index is 5.53. The highest BCUT2D eigenvalue weighted by Gasteiger charge is 2.19. The summed E-state index contributed by atoms with van der Waals surface area (Å²) in [6, 6.07) is 4.11. The van der Waals surface area contributed by atoms with Gasteiger partial charge in [-0.3, -0.25) is 0 Å². The van der Waals surface area contributed by atoms with Crippen LogP contribution in [0.25, 0.3) is 0 Å². The van der Waals surface area contributed by atoms with Gasteiger partial charge in [0.2, 0.25) is 0 Å². The first-order chi connectivity index (χ1) is 7.29. The molecule has 2 rings (SSSR count). The number of pyridine rings is 1. The lowest BCUT2D eigenvalue weighted by Gasteiger charge is -2.30. The molecule has 3 nitrogen and oxygen atoms in total. The number of nitrogens with two attached hydrogens (primary N) is 1. The molecule has 0 bridgehead atoms. The van der Waals surface area contributed by atoms with Gasteiger partial charge in [0.25, 0.3) is 0 Å². The van der Waals surface area contributed by atoms with Crippen LogP contribution in [-0.4, -0.2) is 18.6 Å². The Kier molecular flexibility index (Phi) is 3.21. The van der Waals surface area contributed by atoms with Gasteiger partial charge in [-0.15, -0.1) is 0 Å². The SMILES string of the molecule is CN(CC1CCC1)c1ccc(CN)cn1. The van der Waals surface area contributed by atoms with Crippen LogP contribution in [-0.2, 0) is 6.54 Å². The molecule has 0 unspecified atom stereocenters. The van der Waals surface area contributed by atoms with E-state index in [1.165, 1.54) is 19.3 Å². The van der Waals surface area contributed by atoms with Gasteiger partial charge in [-0.05, 0) is 30.4 Å². The van der Waals surface area contributed by atoms with Gasteiger partial charge < -0.3 is 10.6 Å². The highest BCUT2D eigenvalue weighted by atomic mass is 15.2. The van der Waals surface area contributed by atoms with Crippen molar-refractivity contribution in [1.29, 1.82) is 0 Å². The van der Waals surface area contributed by atoms with E-state index in [4.69, 9.17) is 5.73 Å². The van der Waals surface area contributed by atoms with E-state index in [1.807, 2.05) is 6.20 Å². The lowest BCUT2D eigenvalue weighted by Crippen LogP contribution is -2.29. The van der Waals surface area contributed by atoms with E-state index in [-0.39, 0.29) is 0 Å². The first-order valence-electron chi connectivity index (χ1n) is 5.65. The van der Waals surface area contributed by atoms with Crippen LogP contribution < -0.4 is 10.6 Å². The number of nitrogens with zero attached hydrogens (tertiary/aromatic N) is 2. The van der Waals surface area contributed by atoms with Crippen molar-refractivity contribution in [1.82, 2.24) is 4.98 Å². The van der Waals surface area contributed by atoms with E-state index in [0.717, 1.165) is 23.8 Å². The minimum Gasteiger partial charge on any atom is -0.359 e. The molecule has 2 N–H and O–H groups in total. The highest BCUT2D eigenvalue weighted by Crippen LogP contribution is 2.27. The third-order valence-electron chi connectivity index (χ3n) is 3.19. The molecular weight excluding hydrogens is 186 g/mol. The van der Waals surface area contributed by atoms with Crippen LogP contribution in [0.15, 0.2) is 18.3 Å². The van der Waals surface area contributed by atoms with Gasteiger partial charge in [0, 0.05) is 26.3 Å². The van der Waals surface area contributed by atoms with E-state index in [2.05, 4.69) is 29.1 Å². The van der Waals surface area contributed by atoms with Gasteiger partial charge in [-0.25, -0.2) is 4.98 Å². The number of hydrogen-bond donors (Lipinski definition) is 1. The molecule has 1 fully saturated rings. The van der Waals surface area contributed by atoms with E-state index >= 15 is 0 Å². The van der Waals surface area contributed by atoms with Crippen molar-refractivity contribution in [2.24, 2.45) is 11.7 Å². The number of aromatic nitrogens is 1. The molecule has 1 aromatic heterocycles. The van der Waals surface area contributed by atoms with Crippen molar-refractivity contribution in [2.75, 3.05) is 18.5 Å². The summed E-state index contributed by atoms with van der Waals surface area (Å²) >= 11 is 0. The molecule has 0 aliphatic heterocycles. The molecular formula is C12H19N3. The van der Waals surface area contributed by atoms with Crippen molar-refractivity contribution in [3.8, 4) is 0 Å². The molecule has 0 atom stereocenters. The summed E-state index contributed by atoms with van der Waals surface area (Å²) in [5, 5.41) is 0. The van der Waals surface area contributed by atoms with Gasteiger partial charge in [0.05, 0.1) is 0 Å². The van der Waals surface area contributed by atoms with Crippen LogP contribution in [0.2, 0.25) is 0 Å². The van der Waals surface area contributed by atoms with E-state index in [1.54, 1.807) is 0 Å². The van der Waals surface area contributed by atoms with Crippen LogP contribution in [0.5, 0.6) is 0 Å². The smallest absolute Gasteiger partial charge is 0.128 e. The van der Waals surface area contributed by atoms with Crippen molar-refractivity contribution >= 4 is 5.82 Å². The Morgan fingerprint density at radius 2 is 2.27 bits per heavy atom. The van der Waals surface area contributed by atoms with Gasteiger partial charge in [0.15, 0.2) is 0 Å². The van der Waals surface area contributed by atoms with Crippen LogP contribution in [0.3, 0.4) is 0 Å². The minimum atomic E-state index is 0.569. The molecule has 1 aliphatic carbocycles. The average molecular weight is 205 g/mol. The quantitative estimate of drug-likeness (QED) is 0.814. The fraction of sp³-hybridized carbons (Fsp3) is 0.583. The van der Waals surface area contributed by atoms with E-state index < -0.39 is 0 Å². The summed E-state index contributed by atoms with van der Waals surface area (Å²) in [6.45, 7) is 1.70. The van der Waals surface area contributed by atoms with Crippen molar-refractivity contribution in [3.63, 3.8) is 0 Å². The molecule has 3 heteroatoms. The summed E-state index contributed by atoms with van der Waals surface area (Å²) in [5.41, 5.74) is 6.63. The normalized spacial score (nSPS) is 16.1. The second-order valence-corrected chi connectivity index (χ2v) is 4.41. The lowest BCUT2D eigenvalue weighted by atomic mass is 9.85. The second kappa shape index (κ2) is 4.62. The Morgan fingerprint density at radius 1 is 1.47 bits per heavy atom. The highest BCUT2D eigenvalue weighted by molar-refractivity contribution is 5.38. The predicted octanol–water partition coefficient (Wildman–Crippen LogP) is 1.78. The van der Waals surface area contributed by atoms with Gasteiger partial charge in [-0.2, -0.15) is 0 Å². The molecule has 0 spiro atoms. The maximum absolute atomic E-state index is 5.53. The summed E-state index contributed by atoms with van der Waals surface area (Å²) in [5.74, 6) is 1.94. The molecule has 1 saturated carbocycles. The fourth-order valence-corrected chi connectivity index (χ4v) is 1.92. The first kappa shape index (κ1) is 10.4. The summed E-state index contributed by atoms with van der Waals surface area (Å²) in [6.07, 6.45) is 6.03. The topological polar surface area (TPSA) is 42.1 Å². The molecule has 82 valence electrons. The molecule has 0 radical (unpaired) electrons. The Balaban J connectivity index is 1.94. The largest absolute Gasteiger partial charge is 0.359 e. The van der Waals surface area contributed by atoms with Crippen LogP contribution in [0.1, 0.15) is 24.8 Å². The third kappa shape index (κ3) is 2.48. The molecule has 0 saturated heterocycles. The van der Waals surface area contributed by atoms with Crippen LogP contribution in [0.4, 0.5) is 5.82 Å². The average Bonchev–Trinajstić information content (AvgIpc) is 2.23. The number of anilines is 1. The van der Waals surface area contributed by atoms with E-state index in [0.29, 0.717) is 6.54 Å². The van der Waals surface area contributed by atoms with Crippen LogP contribution >= 0.6 is 0 Å². The molecule has 15 heavy (non-hydrogen) atoms. The first-order valence-corrected chi connectivity index (χ1v) is 5.65. The number of rotatable bonds is 4. The lowest BCUT2D eigenvalue weighted by molar-refractivity contribution is 0.321. The minimum absolute atomic E-state index is 0.569. The van der Waals surface area contributed by atoms with E-state index in [9.17, 15) is 0 Å². The fourth-order valence-electron chi connectivity index (χ4n) is 1.92. The maximum Gasteiger partial charge on any atom is 0.128 e. The third-order valence-corrected chi connectivity index (χ3v) is 3.19. The number of hydrogen-bond acceptors (Lipinski definition) is 3. The Morgan fingerprint density at radius 3 is 2.73 bits per heavy atom. The van der Waals surface area contributed by atoms with Crippen molar-refractivity contribution in [3.05, 3.63) is 23.9 Å². The monoisotopic (exact) mass is 205 g/mol. The summed E-state index contributed by atoms with van der Waals surface area (Å²) in [7, 11) is 2.11. The van der Waals surface area contributed by atoms with Gasteiger partial charge >= 0.3 is 0 Å². The predicted molar refractivity (Wildman–Crippen MR) is 62.7 cm³/mol. The summed E-state index contributed by atoms with van der Waals surface area (Å²) < 4.78 is 0. The second-order valence-electron chi connectivity index (χ2n) is 4.41. The molecule has 1 heterocycles.